The van der Waals surface area contributed by atoms with Crippen molar-refractivity contribution < 1.29 is 0 Å². The molecular weight excluding hydrogens is 348 g/mol. The molecule has 0 bridgehead atoms. The summed E-state index contributed by atoms with van der Waals surface area (Å²) in [6.45, 7) is 2.53. The van der Waals surface area contributed by atoms with E-state index in [1.54, 1.807) is 15.9 Å². The molecule has 128 valence electrons. The third kappa shape index (κ3) is 3.28. The second-order valence-electron chi connectivity index (χ2n) is 5.90. The first-order valence-corrected chi connectivity index (χ1v) is 8.34. The smallest absolute Gasteiger partial charge is 0.222 e. The number of nitrogens with one attached hydrogen (secondary N) is 1. The van der Waals surface area contributed by atoms with Gasteiger partial charge < -0.3 is 16.8 Å². The predicted octanol–water partition coefficient (Wildman–Crippen LogP) is 1.71. The van der Waals surface area contributed by atoms with Crippen LogP contribution in [0.3, 0.4) is 0 Å². The lowest BCUT2D eigenvalue weighted by atomic mass is 9.78. The van der Waals surface area contributed by atoms with E-state index in [-0.39, 0.29) is 24.4 Å². The third-order valence-electron chi connectivity index (χ3n) is 4.00. The first kappa shape index (κ1) is 16.9. The number of imidazole rings is 1. The van der Waals surface area contributed by atoms with Crippen molar-refractivity contribution in [2.75, 3.05) is 11.1 Å². The molecule has 0 aliphatic heterocycles. The number of rotatable bonds is 4. The molecule has 0 spiro atoms. The maximum Gasteiger partial charge on any atom is 0.222 e. The van der Waals surface area contributed by atoms with Gasteiger partial charge in [0.15, 0.2) is 0 Å². The van der Waals surface area contributed by atoms with Crippen molar-refractivity contribution in [3.05, 3.63) is 28.7 Å². The molecule has 0 amide bonds. The monoisotopic (exact) mass is 366 g/mol. The van der Waals surface area contributed by atoms with E-state index in [4.69, 9.17) is 11.5 Å². The Morgan fingerprint density at radius 1 is 1.33 bits per heavy atom. The van der Waals surface area contributed by atoms with Crippen LogP contribution in [0, 0.1) is 6.92 Å². The van der Waals surface area contributed by atoms with Gasteiger partial charge >= 0.3 is 0 Å². The lowest BCUT2D eigenvalue weighted by Crippen LogP contribution is -2.35. The number of fused-ring (bicyclic) bond motifs is 1. The largest absolute Gasteiger partial charge is 0.368 e. The molecule has 1 saturated carbocycles. The number of anilines is 2. The molecule has 3 heterocycles. The van der Waals surface area contributed by atoms with Crippen molar-refractivity contribution in [3.8, 4) is 0 Å². The Kier molecular flexibility index (Phi) is 4.57. The van der Waals surface area contributed by atoms with Crippen molar-refractivity contribution in [1.82, 2.24) is 24.6 Å². The fourth-order valence-electron chi connectivity index (χ4n) is 2.80. The molecule has 0 radical (unpaired) electrons. The Bertz CT molecular complexity index is 822. The van der Waals surface area contributed by atoms with Crippen molar-refractivity contribution in [2.45, 2.75) is 38.3 Å². The van der Waals surface area contributed by atoms with E-state index in [1.807, 2.05) is 19.2 Å². The minimum Gasteiger partial charge on any atom is -0.368 e. The standard InChI is InChI=1S/C14H18N8S.ClH/c1-7-21-22-6-10(18-14(22)23-7)5-17-12-4-11(19-13(16)20-12)8-2-9(15)3-8;/h4,6,8-9H,2-3,5,15H2,1H3,(H3,16,17,19,20);1H. The van der Waals surface area contributed by atoms with Gasteiger partial charge in [0.25, 0.3) is 0 Å². The van der Waals surface area contributed by atoms with Gasteiger partial charge in [-0.05, 0) is 19.8 Å². The summed E-state index contributed by atoms with van der Waals surface area (Å²) in [5, 5.41) is 8.61. The van der Waals surface area contributed by atoms with Crippen LogP contribution >= 0.6 is 23.7 Å². The van der Waals surface area contributed by atoms with Crippen molar-refractivity contribution in [1.29, 1.82) is 0 Å². The molecule has 3 aromatic rings. The Balaban J connectivity index is 0.00000169. The Morgan fingerprint density at radius 2 is 2.12 bits per heavy atom. The maximum absolute atomic E-state index is 5.85. The van der Waals surface area contributed by atoms with E-state index in [0.717, 1.165) is 34.2 Å². The fraction of sp³-hybridized carbons (Fsp3) is 0.429. The maximum atomic E-state index is 5.85. The van der Waals surface area contributed by atoms with Crippen LogP contribution in [0.1, 0.15) is 35.2 Å². The molecule has 1 fully saturated rings. The van der Waals surface area contributed by atoms with Crippen LogP contribution in [0.25, 0.3) is 4.96 Å². The number of nitrogens with two attached hydrogens (primary N) is 2. The van der Waals surface area contributed by atoms with Gasteiger partial charge in [0.1, 0.15) is 10.8 Å². The van der Waals surface area contributed by atoms with Gasteiger partial charge in [-0.2, -0.15) is 10.1 Å². The molecule has 8 nitrogen and oxygen atoms in total. The minimum absolute atomic E-state index is 0. The zero-order chi connectivity index (χ0) is 16.0. The highest BCUT2D eigenvalue weighted by Gasteiger charge is 2.29. The number of aryl methyl sites for hydroxylation is 1. The van der Waals surface area contributed by atoms with Crippen LogP contribution in [-0.4, -0.2) is 30.6 Å². The summed E-state index contributed by atoms with van der Waals surface area (Å²) >= 11 is 1.57. The highest BCUT2D eigenvalue weighted by molar-refractivity contribution is 7.16. The summed E-state index contributed by atoms with van der Waals surface area (Å²) in [7, 11) is 0. The summed E-state index contributed by atoms with van der Waals surface area (Å²) in [5.41, 5.74) is 13.5. The van der Waals surface area contributed by atoms with E-state index in [9.17, 15) is 0 Å². The number of hydrogen-bond acceptors (Lipinski definition) is 8. The molecule has 1 aliphatic rings. The summed E-state index contributed by atoms with van der Waals surface area (Å²) in [6, 6.07) is 2.23. The number of halogens is 1. The molecular formula is C14H19ClN8S. The van der Waals surface area contributed by atoms with Gasteiger partial charge in [0.05, 0.1) is 24.1 Å². The second kappa shape index (κ2) is 6.50. The van der Waals surface area contributed by atoms with Gasteiger partial charge in [-0.15, -0.1) is 12.4 Å². The predicted molar refractivity (Wildman–Crippen MR) is 96.6 cm³/mol. The average molecular weight is 367 g/mol. The van der Waals surface area contributed by atoms with Gasteiger partial charge in [-0.1, -0.05) is 11.3 Å². The normalized spacial score (nSPS) is 19.8. The van der Waals surface area contributed by atoms with Gasteiger partial charge in [0, 0.05) is 18.0 Å². The summed E-state index contributed by atoms with van der Waals surface area (Å²) in [6.07, 6.45) is 3.83. The third-order valence-corrected chi connectivity index (χ3v) is 4.84. The lowest BCUT2D eigenvalue weighted by Gasteiger charge is -2.32. The summed E-state index contributed by atoms with van der Waals surface area (Å²) in [5.74, 6) is 1.39. The topological polar surface area (TPSA) is 120 Å². The Hall–Kier alpha value is -1.97. The summed E-state index contributed by atoms with van der Waals surface area (Å²) < 4.78 is 1.80. The molecule has 0 unspecified atom stereocenters. The molecule has 10 heteroatoms. The Labute approximate surface area is 149 Å². The number of nitrogens with zero attached hydrogens (tertiary/aromatic N) is 5. The van der Waals surface area contributed by atoms with Crippen molar-refractivity contribution in [3.63, 3.8) is 0 Å². The summed E-state index contributed by atoms with van der Waals surface area (Å²) in [4.78, 5) is 14.0. The van der Waals surface area contributed by atoms with Crippen LogP contribution in [0.2, 0.25) is 0 Å². The zero-order valence-corrected chi connectivity index (χ0v) is 14.8. The minimum atomic E-state index is 0. The molecule has 4 rings (SSSR count). The molecule has 1 aliphatic carbocycles. The fourth-order valence-corrected chi connectivity index (χ4v) is 3.54. The molecule has 0 atom stereocenters. The van der Waals surface area contributed by atoms with Crippen LogP contribution < -0.4 is 16.8 Å². The zero-order valence-electron chi connectivity index (χ0n) is 13.1. The van der Waals surface area contributed by atoms with Crippen LogP contribution in [0.4, 0.5) is 11.8 Å². The molecule has 0 saturated heterocycles. The first-order valence-electron chi connectivity index (χ1n) is 7.52. The average Bonchev–Trinajstić information content (AvgIpc) is 2.98. The molecule has 3 aromatic heterocycles. The highest BCUT2D eigenvalue weighted by Crippen LogP contribution is 2.35. The van der Waals surface area contributed by atoms with Crippen molar-refractivity contribution >= 4 is 40.5 Å². The van der Waals surface area contributed by atoms with Gasteiger partial charge in [0.2, 0.25) is 10.9 Å². The van der Waals surface area contributed by atoms with E-state index >= 15 is 0 Å². The van der Waals surface area contributed by atoms with Gasteiger partial charge in [-0.3, -0.25) is 0 Å². The molecule has 5 N–H and O–H groups in total. The van der Waals surface area contributed by atoms with E-state index in [1.165, 1.54) is 0 Å². The SMILES string of the molecule is Cc1nn2cc(CNc3cc(C4CC(N)C4)nc(N)n3)nc2s1.Cl. The van der Waals surface area contributed by atoms with Crippen LogP contribution in [0.5, 0.6) is 0 Å². The first-order chi connectivity index (χ1) is 11.1. The van der Waals surface area contributed by atoms with E-state index in [0.29, 0.717) is 18.3 Å². The van der Waals surface area contributed by atoms with Crippen molar-refractivity contribution in [2.24, 2.45) is 5.73 Å². The number of nitrogen functional groups attached to an aromatic ring is 1. The Morgan fingerprint density at radius 3 is 2.83 bits per heavy atom. The quantitative estimate of drug-likeness (QED) is 0.642. The molecule has 0 aromatic carbocycles. The second-order valence-corrected chi connectivity index (χ2v) is 7.06. The number of hydrogen-bond donors (Lipinski definition) is 3. The molecule has 24 heavy (non-hydrogen) atoms. The van der Waals surface area contributed by atoms with E-state index < -0.39 is 0 Å². The van der Waals surface area contributed by atoms with Crippen LogP contribution in [-0.2, 0) is 6.54 Å². The lowest BCUT2D eigenvalue weighted by molar-refractivity contribution is 0.345. The van der Waals surface area contributed by atoms with E-state index in [2.05, 4.69) is 25.4 Å². The van der Waals surface area contributed by atoms with Gasteiger partial charge in [-0.25, -0.2) is 14.5 Å². The number of aromatic nitrogens is 5. The van der Waals surface area contributed by atoms with Crippen LogP contribution in [0.15, 0.2) is 12.3 Å². The highest BCUT2D eigenvalue weighted by atomic mass is 35.5.